The third-order valence-corrected chi connectivity index (χ3v) is 5.07. The summed E-state index contributed by atoms with van der Waals surface area (Å²) in [7, 11) is 0. The van der Waals surface area contributed by atoms with Crippen LogP contribution in [0.5, 0.6) is 0 Å². The van der Waals surface area contributed by atoms with Crippen molar-refractivity contribution in [1.82, 2.24) is 10.6 Å². The molecule has 1 aliphatic heterocycles. The molecular formula is C20H25N3O5. The van der Waals surface area contributed by atoms with Gasteiger partial charge in [0, 0.05) is 24.7 Å². The molecular weight excluding hydrogens is 362 g/mol. The van der Waals surface area contributed by atoms with Crippen molar-refractivity contribution in [3.8, 4) is 0 Å². The number of carbonyl (C=O) groups is 4. The highest BCUT2D eigenvalue weighted by molar-refractivity contribution is 5.99. The number of carbonyl (C=O) groups excluding carboxylic acids is 4. The van der Waals surface area contributed by atoms with Gasteiger partial charge in [0.05, 0.1) is 5.56 Å². The fourth-order valence-electron chi connectivity index (χ4n) is 3.49. The van der Waals surface area contributed by atoms with Gasteiger partial charge in [0.2, 0.25) is 5.91 Å². The average molecular weight is 387 g/mol. The van der Waals surface area contributed by atoms with E-state index < -0.39 is 24.0 Å². The third kappa shape index (κ3) is 4.88. The van der Waals surface area contributed by atoms with E-state index in [1.807, 2.05) is 0 Å². The van der Waals surface area contributed by atoms with Gasteiger partial charge in [-0.05, 0) is 50.5 Å². The summed E-state index contributed by atoms with van der Waals surface area (Å²) in [6.07, 6.45) is 4.20. The summed E-state index contributed by atoms with van der Waals surface area (Å²) in [6.45, 7) is 2.08. The first kappa shape index (κ1) is 19.9. The fraction of sp³-hybridized carbons (Fsp3) is 0.500. The van der Waals surface area contributed by atoms with Crippen molar-refractivity contribution in [2.24, 2.45) is 0 Å². The fourth-order valence-corrected chi connectivity index (χ4v) is 3.49. The average Bonchev–Trinajstić information content (AvgIpc) is 3.33. The zero-order valence-electron chi connectivity index (χ0n) is 15.9. The van der Waals surface area contributed by atoms with E-state index in [0.717, 1.165) is 37.8 Å². The van der Waals surface area contributed by atoms with Gasteiger partial charge >= 0.3 is 12.0 Å². The molecule has 2 aliphatic rings. The van der Waals surface area contributed by atoms with Crippen LogP contribution in [0, 0.1) is 0 Å². The molecule has 3 rings (SSSR count). The number of imide groups is 1. The summed E-state index contributed by atoms with van der Waals surface area (Å²) in [5.41, 5.74) is 0.999. The molecule has 1 aromatic carbocycles. The molecule has 1 heterocycles. The van der Waals surface area contributed by atoms with Crippen molar-refractivity contribution in [3.63, 3.8) is 0 Å². The van der Waals surface area contributed by atoms with E-state index in [2.05, 4.69) is 10.6 Å². The Morgan fingerprint density at radius 1 is 1.11 bits per heavy atom. The number of hydrogen-bond donors (Lipinski definition) is 2. The van der Waals surface area contributed by atoms with Crippen molar-refractivity contribution in [3.05, 3.63) is 29.8 Å². The summed E-state index contributed by atoms with van der Waals surface area (Å²) < 4.78 is 5.14. The predicted octanol–water partition coefficient (Wildman–Crippen LogP) is 2.13. The van der Waals surface area contributed by atoms with Crippen LogP contribution in [0.25, 0.3) is 0 Å². The molecule has 1 aliphatic carbocycles. The van der Waals surface area contributed by atoms with E-state index in [4.69, 9.17) is 4.74 Å². The van der Waals surface area contributed by atoms with Crippen LogP contribution in [-0.2, 0) is 14.3 Å². The Hall–Kier alpha value is -2.90. The second-order valence-electron chi connectivity index (χ2n) is 7.19. The largest absolute Gasteiger partial charge is 0.449 e. The number of benzene rings is 1. The molecule has 8 nitrogen and oxygen atoms in total. The first-order chi connectivity index (χ1) is 13.4. The Morgan fingerprint density at radius 3 is 2.39 bits per heavy atom. The number of nitrogens with one attached hydrogen (secondary N) is 2. The maximum atomic E-state index is 12.2. The summed E-state index contributed by atoms with van der Waals surface area (Å²) in [4.78, 5) is 49.6. The number of urea groups is 1. The lowest BCUT2D eigenvalue weighted by Gasteiger charge is -2.17. The van der Waals surface area contributed by atoms with Crippen LogP contribution >= 0.6 is 0 Å². The molecule has 2 N–H and O–H groups in total. The second-order valence-corrected chi connectivity index (χ2v) is 7.19. The van der Waals surface area contributed by atoms with Gasteiger partial charge in [-0.15, -0.1) is 0 Å². The van der Waals surface area contributed by atoms with Crippen molar-refractivity contribution in [1.29, 1.82) is 0 Å². The second kappa shape index (κ2) is 8.86. The lowest BCUT2D eigenvalue weighted by atomic mass is 10.2. The summed E-state index contributed by atoms with van der Waals surface area (Å²) in [6, 6.07) is 5.99. The minimum absolute atomic E-state index is 0.0662. The number of anilines is 1. The van der Waals surface area contributed by atoms with E-state index >= 15 is 0 Å². The number of ether oxygens (including phenoxy) is 1. The van der Waals surface area contributed by atoms with Crippen molar-refractivity contribution >= 4 is 29.5 Å². The first-order valence-corrected chi connectivity index (χ1v) is 9.67. The third-order valence-electron chi connectivity index (χ3n) is 5.07. The highest BCUT2D eigenvalue weighted by atomic mass is 16.5. The molecule has 0 bridgehead atoms. The maximum absolute atomic E-state index is 12.2. The van der Waals surface area contributed by atoms with Crippen molar-refractivity contribution in [2.75, 3.05) is 11.4 Å². The maximum Gasteiger partial charge on any atom is 0.338 e. The molecule has 150 valence electrons. The zero-order valence-corrected chi connectivity index (χ0v) is 15.9. The van der Waals surface area contributed by atoms with Crippen LogP contribution in [0.15, 0.2) is 24.3 Å². The van der Waals surface area contributed by atoms with E-state index in [1.165, 1.54) is 6.92 Å². The van der Waals surface area contributed by atoms with Crippen LogP contribution in [0.1, 0.15) is 55.8 Å². The smallest absolute Gasteiger partial charge is 0.338 e. The van der Waals surface area contributed by atoms with Gasteiger partial charge in [-0.25, -0.2) is 9.59 Å². The highest BCUT2D eigenvalue weighted by Crippen LogP contribution is 2.22. The van der Waals surface area contributed by atoms with Crippen LogP contribution in [0.3, 0.4) is 0 Å². The lowest BCUT2D eigenvalue weighted by Crippen LogP contribution is -2.47. The van der Waals surface area contributed by atoms with Gasteiger partial charge in [0.15, 0.2) is 6.10 Å². The Kier molecular flexibility index (Phi) is 6.28. The molecule has 1 atom stereocenters. The molecule has 2 fully saturated rings. The molecule has 1 unspecified atom stereocenters. The Bertz CT molecular complexity index is 756. The van der Waals surface area contributed by atoms with E-state index in [0.29, 0.717) is 13.0 Å². The molecule has 0 aromatic heterocycles. The van der Waals surface area contributed by atoms with Gasteiger partial charge in [-0.1, -0.05) is 12.8 Å². The minimum Gasteiger partial charge on any atom is -0.449 e. The summed E-state index contributed by atoms with van der Waals surface area (Å²) >= 11 is 0. The van der Waals surface area contributed by atoms with E-state index in [-0.39, 0.29) is 17.5 Å². The number of hydrogen-bond acceptors (Lipinski definition) is 5. The number of esters is 1. The van der Waals surface area contributed by atoms with E-state index in [9.17, 15) is 19.2 Å². The molecule has 8 heteroatoms. The zero-order chi connectivity index (χ0) is 20.1. The summed E-state index contributed by atoms with van der Waals surface area (Å²) in [5, 5.41) is 4.95. The van der Waals surface area contributed by atoms with Crippen molar-refractivity contribution in [2.45, 2.75) is 57.6 Å². The first-order valence-electron chi connectivity index (χ1n) is 9.67. The Balaban J connectivity index is 1.49. The van der Waals surface area contributed by atoms with Crippen LogP contribution in [-0.4, -0.2) is 42.5 Å². The molecule has 1 saturated heterocycles. The van der Waals surface area contributed by atoms with Gasteiger partial charge in [0.1, 0.15) is 0 Å². The Labute approximate surface area is 163 Å². The molecule has 1 aromatic rings. The SMILES string of the molecule is CC(OC(=O)c1ccc(N2CCCC2=O)cc1)C(=O)NC(=O)NC1CCCC1. The quantitative estimate of drug-likeness (QED) is 0.753. The highest BCUT2D eigenvalue weighted by Gasteiger charge is 2.24. The van der Waals surface area contributed by atoms with Gasteiger partial charge in [0.25, 0.3) is 5.91 Å². The van der Waals surface area contributed by atoms with Crippen LogP contribution < -0.4 is 15.5 Å². The standard InChI is InChI=1S/C20H25N3O5/c1-13(18(25)22-20(27)21-15-5-2-3-6-15)28-19(26)14-8-10-16(11-9-14)23-12-4-7-17(23)24/h8-11,13,15H,2-7,12H2,1H3,(H2,21,22,25,27). The number of nitrogens with zero attached hydrogens (tertiary/aromatic N) is 1. The van der Waals surface area contributed by atoms with Crippen LogP contribution in [0.2, 0.25) is 0 Å². The molecule has 1 saturated carbocycles. The molecule has 4 amide bonds. The topological polar surface area (TPSA) is 105 Å². The van der Waals surface area contributed by atoms with Gasteiger partial charge in [-0.3, -0.25) is 14.9 Å². The van der Waals surface area contributed by atoms with E-state index in [1.54, 1.807) is 29.2 Å². The number of amides is 4. The lowest BCUT2D eigenvalue weighted by molar-refractivity contribution is -0.128. The van der Waals surface area contributed by atoms with Gasteiger partial charge in [-0.2, -0.15) is 0 Å². The monoisotopic (exact) mass is 387 g/mol. The van der Waals surface area contributed by atoms with Crippen LogP contribution in [0.4, 0.5) is 10.5 Å². The predicted molar refractivity (Wildman–Crippen MR) is 102 cm³/mol. The summed E-state index contributed by atoms with van der Waals surface area (Å²) in [5.74, 6) is -1.28. The Morgan fingerprint density at radius 2 is 1.79 bits per heavy atom. The van der Waals surface area contributed by atoms with Crippen molar-refractivity contribution < 1.29 is 23.9 Å². The molecule has 0 radical (unpaired) electrons. The number of rotatable bonds is 5. The molecule has 0 spiro atoms. The minimum atomic E-state index is -1.11. The van der Waals surface area contributed by atoms with Gasteiger partial charge < -0.3 is 15.0 Å². The molecule has 28 heavy (non-hydrogen) atoms. The normalized spacial score (nSPS) is 18.0.